The molecule has 3 aromatic rings. The highest BCUT2D eigenvalue weighted by Gasteiger charge is 2.15. The Morgan fingerprint density at radius 3 is 2.63 bits per heavy atom. The van der Waals surface area contributed by atoms with Crippen LogP contribution in [0.25, 0.3) is 11.3 Å². The quantitative estimate of drug-likeness (QED) is 0.460. The molecule has 0 saturated carbocycles. The van der Waals surface area contributed by atoms with Crippen molar-refractivity contribution in [1.29, 1.82) is 0 Å². The lowest BCUT2D eigenvalue weighted by Crippen LogP contribution is -2.43. The lowest BCUT2D eigenvalue weighted by Gasteiger charge is -2.06. The maximum Gasteiger partial charge on any atom is 0.356 e. The van der Waals surface area contributed by atoms with Crippen molar-refractivity contribution in [2.75, 3.05) is 6.61 Å². The Hall–Kier alpha value is -3.46. The molecule has 3 rings (SSSR count). The van der Waals surface area contributed by atoms with Gasteiger partial charge in [0, 0.05) is 5.56 Å². The van der Waals surface area contributed by atoms with Gasteiger partial charge in [0.05, 0.1) is 10.6 Å². The van der Waals surface area contributed by atoms with E-state index in [1.54, 1.807) is 23.6 Å². The summed E-state index contributed by atoms with van der Waals surface area (Å²) < 4.78 is 4.91. The van der Waals surface area contributed by atoms with Crippen LogP contribution in [0.5, 0.6) is 0 Å². The number of nitrogens with one attached hydrogen (secondary N) is 3. The summed E-state index contributed by atoms with van der Waals surface area (Å²) in [6.07, 6.45) is 0. The van der Waals surface area contributed by atoms with Crippen molar-refractivity contribution in [2.24, 2.45) is 0 Å². The largest absolute Gasteiger partial charge is 0.451 e. The van der Waals surface area contributed by atoms with E-state index in [2.05, 4.69) is 21.0 Å². The van der Waals surface area contributed by atoms with E-state index in [1.807, 2.05) is 31.2 Å². The smallest absolute Gasteiger partial charge is 0.356 e. The minimum absolute atomic E-state index is 0.126. The van der Waals surface area contributed by atoms with Crippen LogP contribution in [0, 0.1) is 6.92 Å². The van der Waals surface area contributed by atoms with E-state index in [9.17, 15) is 14.4 Å². The molecule has 0 aliphatic heterocycles. The second-order valence-electron chi connectivity index (χ2n) is 5.59. The molecule has 9 heteroatoms. The fourth-order valence-electron chi connectivity index (χ4n) is 2.14. The van der Waals surface area contributed by atoms with Gasteiger partial charge in [-0.1, -0.05) is 35.9 Å². The molecule has 2 heterocycles. The van der Waals surface area contributed by atoms with E-state index in [0.717, 1.165) is 11.1 Å². The Morgan fingerprint density at radius 1 is 1.15 bits per heavy atom. The average molecular weight is 384 g/mol. The lowest BCUT2D eigenvalue weighted by molar-refractivity contribution is -0.125. The Kier molecular flexibility index (Phi) is 5.62. The first-order chi connectivity index (χ1) is 13.0. The van der Waals surface area contributed by atoms with Crippen LogP contribution < -0.4 is 10.9 Å². The minimum Gasteiger partial charge on any atom is -0.451 e. The zero-order valence-electron chi connectivity index (χ0n) is 14.3. The maximum absolute atomic E-state index is 12.0. The predicted octanol–water partition coefficient (Wildman–Crippen LogP) is 2.06. The Labute approximate surface area is 158 Å². The number of aryl methyl sites for hydroxylation is 1. The third-order valence-electron chi connectivity index (χ3n) is 3.54. The van der Waals surface area contributed by atoms with Crippen LogP contribution in [0.1, 0.15) is 25.7 Å². The summed E-state index contributed by atoms with van der Waals surface area (Å²) >= 11 is 1.24. The van der Waals surface area contributed by atoms with E-state index < -0.39 is 24.4 Å². The van der Waals surface area contributed by atoms with Gasteiger partial charge in [-0.15, -0.1) is 11.3 Å². The zero-order valence-corrected chi connectivity index (χ0v) is 15.1. The second-order valence-corrected chi connectivity index (χ2v) is 6.54. The number of aromatic amines is 1. The first kappa shape index (κ1) is 18.3. The monoisotopic (exact) mass is 384 g/mol. The number of hydrogen-bond donors (Lipinski definition) is 3. The van der Waals surface area contributed by atoms with Gasteiger partial charge < -0.3 is 4.74 Å². The van der Waals surface area contributed by atoms with Gasteiger partial charge >= 0.3 is 5.97 Å². The van der Waals surface area contributed by atoms with Gasteiger partial charge in [-0.25, -0.2) is 4.79 Å². The molecule has 3 N–H and O–H groups in total. The molecule has 1 aromatic carbocycles. The number of H-pyrrole nitrogens is 1. The molecule has 0 bridgehead atoms. The SMILES string of the molecule is Cc1ccc(-c2cc(C(=O)OCC(=O)NNC(=O)c3cccs3)[nH]n2)cc1. The lowest BCUT2D eigenvalue weighted by atomic mass is 10.1. The Bertz CT molecular complexity index is 948. The third kappa shape index (κ3) is 4.79. The van der Waals surface area contributed by atoms with Crippen molar-refractivity contribution >= 4 is 29.1 Å². The number of amides is 2. The second kappa shape index (κ2) is 8.28. The normalized spacial score (nSPS) is 10.3. The fourth-order valence-corrected chi connectivity index (χ4v) is 2.76. The van der Waals surface area contributed by atoms with Crippen LogP contribution in [0.4, 0.5) is 0 Å². The molecule has 0 aliphatic rings. The summed E-state index contributed by atoms with van der Waals surface area (Å²) in [4.78, 5) is 35.8. The van der Waals surface area contributed by atoms with Crippen molar-refractivity contribution in [3.05, 3.63) is 64.0 Å². The Morgan fingerprint density at radius 2 is 1.93 bits per heavy atom. The van der Waals surface area contributed by atoms with E-state index in [1.165, 1.54) is 11.3 Å². The molecule has 0 spiro atoms. The highest BCUT2D eigenvalue weighted by atomic mass is 32.1. The third-order valence-corrected chi connectivity index (χ3v) is 4.41. The molecule has 0 radical (unpaired) electrons. The van der Waals surface area contributed by atoms with Crippen LogP contribution in [0.15, 0.2) is 47.8 Å². The molecule has 0 saturated heterocycles. The number of rotatable bonds is 5. The van der Waals surface area contributed by atoms with E-state index in [4.69, 9.17) is 4.74 Å². The number of benzene rings is 1. The van der Waals surface area contributed by atoms with Crippen molar-refractivity contribution in [2.45, 2.75) is 6.92 Å². The van der Waals surface area contributed by atoms with Gasteiger partial charge in [-0.3, -0.25) is 25.5 Å². The molecule has 0 unspecified atom stereocenters. The van der Waals surface area contributed by atoms with E-state index >= 15 is 0 Å². The molecule has 27 heavy (non-hydrogen) atoms. The maximum atomic E-state index is 12.0. The molecular formula is C18H16N4O4S. The van der Waals surface area contributed by atoms with Crippen LogP contribution in [-0.2, 0) is 9.53 Å². The van der Waals surface area contributed by atoms with Crippen molar-refractivity contribution < 1.29 is 19.1 Å². The van der Waals surface area contributed by atoms with Gasteiger partial charge in [0.25, 0.3) is 11.8 Å². The minimum atomic E-state index is -0.722. The number of esters is 1. The molecule has 138 valence electrons. The number of carbonyl (C=O) groups excluding carboxylic acids is 3. The van der Waals surface area contributed by atoms with Gasteiger partial charge in [0.15, 0.2) is 6.61 Å². The number of hydrogen-bond acceptors (Lipinski definition) is 6. The fraction of sp³-hybridized carbons (Fsp3) is 0.111. The number of carbonyl (C=O) groups is 3. The predicted molar refractivity (Wildman–Crippen MR) is 99.0 cm³/mol. The van der Waals surface area contributed by atoms with Gasteiger partial charge in [-0.2, -0.15) is 5.10 Å². The highest BCUT2D eigenvalue weighted by molar-refractivity contribution is 7.12. The average Bonchev–Trinajstić information content (AvgIpc) is 3.36. The number of ether oxygens (including phenoxy) is 1. The molecule has 2 aromatic heterocycles. The summed E-state index contributed by atoms with van der Waals surface area (Å²) in [6, 6.07) is 12.6. The van der Waals surface area contributed by atoms with E-state index in [-0.39, 0.29) is 5.69 Å². The van der Waals surface area contributed by atoms with Crippen molar-refractivity contribution in [3.63, 3.8) is 0 Å². The topological polar surface area (TPSA) is 113 Å². The molecule has 2 amide bonds. The molecule has 8 nitrogen and oxygen atoms in total. The van der Waals surface area contributed by atoms with Crippen LogP contribution in [0.3, 0.4) is 0 Å². The summed E-state index contributed by atoms with van der Waals surface area (Å²) in [7, 11) is 0. The van der Waals surface area contributed by atoms with Crippen molar-refractivity contribution in [1.82, 2.24) is 21.0 Å². The van der Waals surface area contributed by atoms with Gasteiger partial charge in [-0.05, 0) is 24.4 Å². The first-order valence-corrected chi connectivity index (χ1v) is 8.83. The van der Waals surface area contributed by atoms with Crippen LogP contribution >= 0.6 is 11.3 Å². The van der Waals surface area contributed by atoms with Crippen molar-refractivity contribution in [3.8, 4) is 11.3 Å². The highest BCUT2D eigenvalue weighted by Crippen LogP contribution is 2.18. The first-order valence-electron chi connectivity index (χ1n) is 7.95. The molecule has 0 atom stereocenters. The van der Waals surface area contributed by atoms with Crippen LogP contribution in [0.2, 0.25) is 0 Å². The zero-order chi connectivity index (χ0) is 19.2. The summed E-state index contributed by atoms with van der Waals surface area (Å²) in [5.41, 5.74) is 7.10. The van der Waals surface area contributed by atoms with E-state index in [0.29, 0.717) is 10.6 Å². The molecule has 0 fully saturated rings. The standard InChI is InChI=1S/C18H16N4O4S/c1-11-4-6-12(7-5-11)13-9-14(20-19-13)18(25)26-10-16(23)21-22-17(24)15-3-2-8-27-15/h2-9H,10H2,1H3,(H,19,20)(H,21,23)(H,22,24). The number of thiophene rings is 1. The number of aromatic nitrogens is 2. The summed E-state index contributed by atoms with van der Waals surface area (Å²) in [5.74, 6) is -1.83. The summed E-state index contributed by atoms with van der Waals surface area (Å²) in [6.45, 7) is 1.44. The Balaban J connectivity index is 1.48. The van der Waals surface area contributed by atoms with Gasteiger partial charge in [0.2, 0.25) is 0 Å². The number of nitrogens with zero attached hydrogens (tertiary/aromatic N) is 1. The van der Waals surface area contributed by atoms with Crippen LogP contribution in [-0.4, -0.2) is 34.6 Å². The molecule has 0 aliphatic carbocycles. The van der Waals surface area contributed by atoms with Gasteiger partial charge in [0.1, 0.15) is 5.69 Å². The molecular weight excluding hydrogens is 368 g/mol. The summed E-state index contributed by atoms with van der Waals surface area (Å²) in [5, 5.41) is 8.40. The number of hydrazine groups is 1.